The lowest BCUT2D eigenvalue weighted by molar-refractivity contribution is 0.0512. The van der Waals surface area contributed by atoms with E-state index in [1.807, 2.05) is 13.0 Å². The number of aryl methyl sites for hydroxylation is 1. The molecule has 3 N–H and O–H groups in total. The zero-order valence-corrected chi connectivity index (χ0v) is 25.1. The predicted molar refractivity (Wildman–Crippen MR) is 159 cm³/mol. The van der Waals surface area contributed by atoms with Crippen molar-refractivity contribution in [2.45, 2.75) is 125 Å². The van der Waals surface area contributed by atoms with Crippen LogP contribution in [-0.4, -0.2) is 20.9 Å². The predicted octanol–water partition coefficient (Wildman–Crippen LogP) is 9.63. The molecule has 0 spiro atoms. The van der Waals surface area contributed by atoms with Crippen LogP contribution in [0.3, 0.4) is 0 Å². The van der Waals surface area contributed by atoms with Crippen molar-refractivity contribution >= 4 is 0 Å². The van der Waals surface area contributed by atoms with Crippen LogP contribution < -0.4 is 4.74 Å². The van der Waals surface area contributed by atoms with Gasteiger partial charge in [0, 0.05) is 5.56 Å². The highest BCUT2D eigenvalue weighted by atomic mass is 16.5. The third kappa shape index (κ3) is 10.8. The molecule has 1 heterocycles. The van der Waals surface area contributed by atoms with Crippen LogP contribution in [0.15, 0.2) is 30.3 Å². The van der Waals surface area contributed by atoms with Gasteiger partial charge < -0.3 is 20.1 Å². The molecule has 214 valence electrons. The number of hydrogen-bond donors (Lipinski definition) is 3. The lowest BCUT2D eigenvalue weighted by Gasteiger charge is -2.37. The molecule has 3 rings (SSSR count). The molecule has 0 amide bonds. The Morgan fingerprint density at radius 3 is 1.82 bits per heavy atom. The number of hydrogen-bond acceptors (Lipinski definition) is 4. The number of fused-ring (bicyclic) bond motifs is 1. The first-order chi connectivity index (χ1) is 17.9. The van der Waals surface area contributed by atoms with E-state index in [-0.39, 0.29) is 17.1 Å². The van der Waals surface area contributed by atoms with Crippen molar-refractivity contribution in [2.24, 2.45) is 17.8 Å². The van der Waals surface area contributed by atoms with Crippen LogP contribution in [0.5, 0.6) is 23.0 Å². The van der Waals surface area contributed by atoms with Crippen LogP contribution >= 0.6 is 0 Å². The van der Waals surface area contributed by atoms with Gasteiger partial charge in [0.2, 0.25) is 0 Å². The first-order valence-corrected chi connectivity index (χ1v) is 14.9. The maximum absolute atomic E-state index is 10.1. The summed E-state index contributed by atoms with van der Waals surface area (Å²) < 4.78 is 6.52. The van der Waals surface area contributed by atoms with Crippen molar-refractivity contribution in [3.8, 4) is 23.0 Å². The second-order valence-corrected chi connectivity index (χ2v) is 12.6. The van der Waals surface area contributed by atoms with Gasteiger partial charge in [0.25, 0.3) is 0 Å². The van der Waals surface area contributed by atoms with E-state index in [9.17, 15) is 5.11 Å². The maximum atomic E-state index is 10.1. The van der Waals surface area contributed by atoms with E-state index in [0.29, 0.717) is 5.75 Å². The van der Waals surface area contributed by atoms with Gasteiger partial charge in [-0.05, 0) is 106 Å². The fourth-order valence-corrected chi connectivity index (χ4v) is 5.50. The van der Waals surface area contributed by atoms with Gasteiger partial charge in [-0.1, -0.05) is 72.6 Å². The maximum Gasteiger partial charge on any atom is 0.126 e. The summed E-state index contributed by atoms with van der Waals surface area (Å²) >= 11 is 0. The molecule has 2 aromatic rings. The average Bonchev–Trinajstić information content (AvgIpc) is 2.84. The fourth-order valence-electron chi connectivity index (χ4n) is 5.50. The molecule has 2 aromatic carbocycles. The monoisotopic (exact) mass is 526 g/mol. The molecule has 1 aliphatic heterocycles. The van der Waals surface area contributed by atoms with Crippen molar-refractivity contribution in [1.29, 1.82) is 0 Å². The number of aromatic hydroxyl groups is 3. The van der Waals surface area contributed by atoms with Crippen molar-refractivity contribution in [2.75, 3.05) is 0 Å². The minimum atomic E-state index is -0.0637. The largest absolute Gasteiger partial charge is 0.508 e. The van der Waals surface area contributed by atoms with E-state index in [2.05, 4.69) is 41.5 Å². The van der Waals surface area contributed by atoms with Crippen LogP contribution in [0.4, 0.5) is 0 Å². The Labute approximate surface area is 232 Å². The van der Waals surface area contributed by atoms with Crippen molar-refractivity contribution < 1.29 is 20.1 Å². The van der Waals surface area contributed by atoms with Gasteiger partial charge in [0.15, 0.2) is 0 Å². The standard InChI is InChI=1S/C28H48O2.C6H6O2/c1-20(2)11-8-12-21(3)13-9-14-22(4)15-10-17-28(7)18-16-25-24(6)26(29)19-23(5)27(25)30-28;7-5-1-2-6(8)4-3-5/h19-22,29H,8-18H2,1-7H3;1-4,7-8H/t21-,22-,28-;/m1./s1. The summed E-state index contributed by atoms with van der Waals surface area (Å²) in [5.74, 6) is 4.32. The van der Waals surface area contributed by atoms with E-state index < -0.39 is 0 Å². The average molecular weight is 527 g/mol. The summed E-state index contributed by atoms with van der Waals surface area (Å²) in [6.07, 6.45) is 14.1. The molecule has 0 unspecified atom stereocenters. The Morgan fingerprint density at radius 2 is 1.29 bits per heavy atom. The Bertz CT molecular complexity index is 944. The third-order valence-corrected chi connectivity index (χ3v) is 8.20. The minimum Gasteiger partial charge on any atom is -0.508 e. The molecule has 38 heavy (non-hydrogen) atoms. The van der Waals surface area contributed by atoms with E-state index in [0.717, 1.165) is 53.9 Å². The highest BCUT2D eigenvalue weighted by Crippen LogP contribution is 2.42. The zero-order chi connectivity index (χ0) is 28.3. The smallest absolute Gasteiger partial charge is 0.126 e. The Hall–Kier alpha value is -2.36. The number of ether oxygens (including phenoxy) is 1. The lowest BCUT2D eigenvalue weighted by atomic mass is 9.84. The van der Waals surface area contributed by atoms with Crippen LogP contribution in [0.1, 0.15) is 116 Å². The Kier molecular flexibility index (Phi) is 12.8. The fraction of sp³-hybridized carbons (Fsp3) is 0.647. The topological polar surface area (TPSA) is 69.9 Å². The first-order valence-electron chi connectivity index (χ1n) is 14.9. The first kappa shape index (κ1) is 31.9. The van der Waals surface area contributed by atoms with Gasteiger partial charge >= 0.3 is 0 Å². The zero-order valence-electron chi connectivity index (χ0n) is 25.1. The van der Waals surface area contributed by atoms with Crippen molar-refractivity contribution in [3.63, 3.8) is 0 Å². The summed E-state index contributed by atoms with van der Waals surface area (Å²) in [7, 11) is 0. The van der Waals surface area contributed by atoms with Gasteiger partial charge in [-0.2, -0.15) is 0 Å². The number of phenols is 3. The molecule has 0 fully saturated rings. The lowest BCUT2D eigenvalue weighted by Crippen LogP contribution is -2.37. The highest BCUT2D eigenvalue weighted by Gasteiger charge is 2.33. The van der Waals surface area contributed by atoms with Crippen LogP contribution in [0.25, 0.3) is 0 Å². The molecule has 3 atom stereocenters. The van der Waals surface area contributed by atoms with Gasteiger partial charge in [0.1, 0.15) is 28.6 Å². The van der Waals surface area contributed by atoms with Crippen LogP contribution in [-0.2, 0) is 6.42 Å². The third-order valence-electron chi connectivity index (χ3n) is 8.20. The molecule has 0 radical (unpaired) electrons. The minimum absolute atomic E-state index is 0.0637. The van der Waals surface area contributed by atoms with Gasteiger partial charge in [-0.3, -0.25) is 0 Å². The Balaban J connectivity index is 0.000000538. The second kappa shape index (κ2) is 15.3. The molecule has 0 saturated carbocycles. The van der Waals surface area contributed by atoms with Crippen LogP contribution in [0.2, 0.25) is 0 Å². The summed E-state index contributed by atoms with van der Waals surface area (Å²) in [6, 6.07) is 7.56. The van der Waals surface area contributed by atoms with E-state index >= 15 is 0 Å². The molecule has 0 aromatic heterocycles. The van der Waals surface area contributed by atoms with Crippen molar-refractivity contribution in [1.82, 2.24) is 0 Å². The summed E-state index contributed by atoms with van der Waals surface area (Å²) in [5.41, 5.74) is 3.20. The normalized spacial score (nSPS) is 18.2. The van der Waals surface area contributed by atoms with Gasteiger partial charge in [-0.25, -0.2) is 0 Å². The molecular weight excluding hydrogens is 472 g/mol. The molecule has 4 nitrogen and oxygen atoms in total. The summed E-state index contributed by atoms with van der Waals surface area (Å²) in [6.45, 7) is 15.9. The van der Waals surface area contributed by atoms with Crippen molar-refractivity contribution in [3.05, 3.63) is 47.0 Å². The quantitative estimate of drug-likeness (QED) is 0.241. The molecule has 4 heteroatoms. The highest BCUT2D eigenvalue weighted by molar-refractivity contribution is 5.53. The van der Waals surface area contributed by atoms with Gasteiger partial charge in [0.05, 0.1) is 0 Å². The molecule has 0 saturated heterocycles. The molecule has 1 aliphatic rings. The van der Waals surface area contributed by atoms with E-state index in [1.54, 1.807) is 0 Å². The number of rotatable bonds is 12. The SMILES string of the molecule is Cc1cc(O)c(C)c2c1O[C@](C)(CCC[C@H](C)CCC[C@H](C)CCCC(C)C)CC2.Oc1ccc(O)cc1. The molecule has 0 aliphatic carbocycles. The summed E-state index contributed by atoms with van der Waals surface area (Å²) in [4.78, 5) is 0. The number of phenolic OH excluding ortho intramolecular Hbond substituents is 3. The van der Waals surface area contributed by atoms with Gasteiger partial charge in [-0.15, -0.1) is 0 Å². The van der Waals surface area contributed by atoms with E-state index in [4.69, 9.17) is 14.9 Å². The molecular formula is C34H54O4. The second-order valence-electron chi connectivity index (χ2n) is 12.6. The number of benzene rings is 2. The van der Waals surface area contributed by atoms with E-state index in [1.165, 1.54) is 81.2 Å². The van der Waals surface area contributed by atoms with Crippen LogP contribution in [0, 0.1) is 31.6 Å². The molecule has 0 bridgehead atoms. The summed E-state index contributed by atoms with van der Waals surface area (Å²) in [5, 5.41) is 27.4. The Morgan fingerprint density at radius 1 is 0.789 bits per heavy atom.